The van der Waals surface area contributed by atoms with E-state index in [4.69, 9.17) is 15.3 Å². The van der Waals surface area contributed by atoms with Gasteiger partial charge in [0, 0.05) is 35.3 Å². The normalized spacial score (nSPS) is 10.6. The number of hydrogen-bond acceptors (Lipinski definition) is 4. The molecule has 27 heavy (non-hydrogen) atoms. The van der Waals surface area contributed by atoms with Crippen LogP contribution in [0.3, 0.4) is 0 Å². The number of aryl methyl sites for hydroxylation is 1. The van der Waals surface area contributed by atoms with Gasteiger partial charge in [0.1, 0.15) is 6.61 Å². The highest BCUT2D eigenvalue weighted by Crippen LogP contribution is 2.23. The summed E-state index contributed by atoms with van der Waals surface area (Å²) >= 11 is 0. The van der Waals surface area contributed by atoms with Crippen LogP contribution in [0, 0.1) is 22.7 Å². The highest BCUT2D eigenvalue weighted by molar-refractivity contribution is 5.94. The minimum Gasteiger partial charge on any atom is -0.458 e. The van der Waals surface area contributed by atoms with Crippen molar-refractivity contribution >= 4 is 22.9 Å². The Labute approximate surface area is 157 Å². The van der Waals surface area contributed by atoms with Gasteiger partial charge in [0.25, 0.3) is 0 Å². The molecule has 3 aromatic rings. The van der Waals surface area contributed by atoms with Gasteiger partial charge in [0.2, 0.25) is 0 Å². The van der Waals surface area contributed by atoms with Crippen molar-refractivity contribution in [3.8, 4) is 12.1 Å². The molecule has 5 heteroatoms. The van der Waals surface area contributed by atoms with Gasteiger partial charge in [0.05, 0.1) is 24.1 Å². The molecule has 1 aromatic heterocycles. The van der Waals surface area contributed by atoms with Crippen molar-refractivity contribution in [2.24, 2.45) is 0 Å². The molecule has 0 unspecified atom stereocenters. The molecule has 0 spiro atoms. The first kappa shape index (κ1) is 18.0. The van der Waals surface area contributed by atoms with E-state index in [1.165, 1.54) is 6.08 Å². The van der Waals surface area contributed by atoms with Gasteiger partial charge in [-0.3, -0.25) is 0 Å². The van der Waals surface area contributed by atoms with E-state index in [0.29, 0.717) is 18.5 Å². The lowest BCUT2D eigenvalue weighted by Crippen LogP contribution is -2.00. The number of benzene rings is 2. The largest absolute Gasteiger partial charge is 0.458 e. The number of fused-ring (bicyclic) bond motifs is 1. The first-order valence-corrected chi connectivity index (χ1v) is 8.50. The van der Waals surface area contributed by atoms with Crippen molar-refractivity contribution in [1.29, 1.82) is 10.5 Å². The van der Waals surface area contributed by atoms with Gasteiger partial charge in [0.15, 0.2) is 0 Å². The molecule has 132 valence electrons. The van der Waals surface area contributed by atoms with Gasteiger partial charge < -0.3 is 9.30 Å². The number of nitrogens with zero attached hydrogens (tertiary/aromatic N) is 3. The lowest BCUT2D eigenvalue weighted by atomic mass is 10.1. The number of nitriles is 2. The maximum absolute atomic E-state index is 12.0. The van der Waals surface area contributed by atoms with Crippen LogP contribution < -0.4 is 0 Å². The summed E-state index contributed by atoms with van der Waals surface area (Å²) < 4.78 is 7.26. The van der Waals surface area contributed by atoms with Crippen molar-refractivity contribution in [1.82, 2.24) is 4.57 Å². The van der Waals surface area contributed by atoms with Crippen LogP contribution in [-0.2, 0) is 22.7 Å². The number of aromatic nitrogens is 1. The Hall–Kier alpha value is -3.83. The maximum Gasteiger partial charge on any atom is 0.331 e. The summed E-state index contributed by atoms with van der Waals surface area (Å²) in [5.74, 6) is -0.437. The first-order chi connectivity index (χ1) is 13.2. The highest BCUT2D eigenvalue weighted by atomic mass is 16.5. The van der Waals surface area contributed by atoms with Crippen molar-refractivity contribution in [3.05, 3.63) is 77.5 Å². The van der Waals surface area contributed by atoms with Crippen LogP contribution in [0.2, 0.25) is 0 Å². The number of carbonyl (C=O) groups excluding carboxylic acids is 1. The van der Waals surface area contributed by atoms with Gasteiger partial charge in [-0.15, -0.1) is 0 Å². The number of esters is 1. The summed E-state index contributed by atoms with van der Waals surface area (Å²) in [6.07, 6.45) is 5.49. The molecule has 0 aliphatic heterocycles. The molecule has 0 saturated heterocycles. The summed E-state index contributed by atoms with van der Waals surface area (Å²) in [6.45, 7) is 0.757. The number of rotatable bonds is 6. The Kier molecular flexibility index (Phi) is 5.67. The second-order valence-corrected chi connectivity index (χ2v) is 5.95. The minimum atomic E-state index is -0.437. The molecule has 5 nitrogen and oxygen atoms in total. The Morgan fingerprint density at radius 2 is 1.89 bits per heavy atom. The van der Waals surface area contributed by atoms with E-state index in [0.717, 1.165) is 22.0 Å². The van der Waals surface area contributed by atoms with Crippen LogP contribution in [-0.4, -0.2) is 10.5 Å². The van der Waals surface area contributed by atoms with Gasteiger partial charge >= 0.3 is 5.97 Å². The van der Waals surface area contributed by atoms with E-state index >= 15 is 0 Å². The highest BCUT2D eigenvalue weighted by Gasteiger charge is 2.06. The standard InChI is InChI=1S/C22H17N3O2/c23-12-3-13-25-15-19(20-4-1-2-5-21(20)25)10-11-22(26)27-16-18-8-6-17(14-24)7-9-18/h1-2,4-11,15H,3,13,16H2/b11-10+. The summed E-state index contributed by atoms with van der Waals surface area (Å²) in [6, 6.07) is 19.0. The molecule has 0 saturated carbocycles. The van der Waals surface area contributed by atoms with Crippen LogP contribution in [0.1, 0.15) is 23.1 Å². The fourth-order valence-corrected chi connectivity index (χ4v) is 2.80. The van der Waals surface area contributed by atoms with Crippen molar-refractivity contribution < 1.29 is 9.53 Å². The molecule has 1 heterocycles. The zero-order valence-electron chi connectivity index (χ0n) is 14.6. The second-order valence-electron chi connectivity index (χ2n) is 5.95. The average Bonchev–Trinajstić information content (AvgIpc) is 3.07. The van der Waals surface area contributed by atoms with Crippen LogP contribution in [0.4, 0.5) is 0 Å². The molecule has 0 atom stereocenters. The van der Waals surface area contributed by atoms with E-state index in [-0.39, 0.29) is 6.61 Å². The predicted molar refractivity (Wildman–Crippen MR) is 102 cm³/mol. The molecule has 0 N–H and O–H groups in total. The van der Waals surface area contributed by atoms with Crippen molar-refractivity contribution in [2.75, 3.05) is 0 Å². The van der Waals surface area contributed by atoms with Crippen LogP contribution in [0.25, 0.3) is 17.0 Å². The third-order valence-electron chi connectivity index (χ3n) is 4.15. The van der Waals surface area contributed by atoms with E-state index < -0.39 is 5.97 Å². The van der Waals surface area contributed by atoms with Crippen LogP contribution in [0.15, 0.2) is 60.8 Å². The van der Waals surface area contributed by atoms with E-state index in [1.807, 2.05) is 41.1 Å². The predicted octanol–water partition coefficient (Wildman–Crippen LogP) is 4.18. The fraction of sp³-hybridized carbons (Fsp3) is 0.136. The van der Waals surface area contributed by atoms with Crippen molar-refractivity contribution in [3.63, 3.8) is 0 Å². The Morgan fingerprint density at radius 1 is 1.11 bits per heavy atom. The van der Waals surface area contributed by atoms with Gasteiger partial charge in [-0.1, -0.05) is 30.3 Å². The quantitative estimate of drug-likeness (QED) is 0.491. The van der Waals surface area contributed by atoms with Gasteiger partial charge in [-0.2, -0.15) is 10.5 Å². The lowest BCUT2D eigenvalue weighted by molar-refractivity contribution is -0.138. The Bertz CT molecular complexity index is 1060. The molecular weight excluding hydrogens is 338 g/mol. The Morgan fingerprint density at radius 3 is 2.63 bits per heavy atom. The van der Waals surface area contributed by atoms with E-state index in [2.05, 4.69) is 6.07 Å². The summed E-state index contributed by atoms with van der Waals surface area (Å²) in [4.78, 5) is 12.0. The molecule has 2 aromatic carbocycles. The van der Waals surface area contributed by atoms with E-state index in [1.54, 1.807) is 30.3 Å². The number of hydrogen-bond donors (Lipinski definition) is 0. The monoisotopic (exact) mass is 355 g/mol. The molecule has 3 rings (SSSR count). The lowest BCUT2D eigenvalue weighted by Gasteiger charge is -2.02. The topological polar surface area (TPSA) is 78.8 Å². The molecule has 0 amide bonds. The summed E-state index contributed by atoms with van der Waals surface area (Å²) in [5, 5.41) is 18.6. The van der Waals surface area contributed by atoms with Crippen LogP contribution in [0.5, 0.6) is 0 Å². The average molecular weight is 355 g/mol. The summed E-state index contributed by atoms with van der Waals surface area (Å²) in [7, 11) is 0. The summed E-state index contributed by atoms with van der Waals surface area (Å²) in [5.41, 5.74) is 3.32. The Balaban J connectivity index is 1.68. The molecule has 0 aliphatic rings. The third-order valence-corrected chi connectivity index (χ3v) is 4.15. The third kappa shape index (κ3) is 4.42. The van der Waals surface area contributed by atoms with Gasteiger partial charge in [-0.05, 0) is 29.8 Å². The van der Waals surface area contributed by atoms with E-state index in [9.17, 15) is 4.79 Å². The zero-order valence-corrected chi connectivity index (χ0v) is 14.6. The number of ether oxygens (including phenoxy) is 1. The maximum atomic E-state index is 12.0. The molecule has 0 bridgehead atoms. The first-order valence-electron chi connectivity index (χ1n) is 8.50. The van der Waals surface area contributed by atoms with Crippen molar-refractivity contribution in [2.45, 2.75) is 19.6 Å². The molecule has 0 fully saturated rings. The minimum absolute atomic E-state index is 0.152. The molecule has 0 aliphatic carbocycles. The second kappa shape index (κ2) is 8.51. The smallest absolute Gasteiger partial charge is 0.331 e. The molecule has 0 radical (unpaired) electrons. The number of para-hydroxylation sites is 1. The molecular formula is C22H17N3O2. The van der Waals surface area contributed by atoms with Gasteiger partial charge in [-0.25, -0.2) is 4.79 Å². The SMILES string of the molecule is N#CCCn1cc(/C=C/C(=O)OCc2ccc(C#N)cc2)c2ccccc21. The fourth-order valence-electron chi connectivity index (χ4n) is 2.80. The number of carbonyl (C=O) groups is 1. The zero-order chi connectivity index (χ0) is 19.1. The van der Waals surface area contributed by atoms with Crippen LogP contribution >= 0.6 is 0 Å².